The molecule has 0 bridgehead atoms. The highest BCUT2D eigenvalue weighted by atomic mass is 32.1. The van der Waals surface area contributed by atoms with E-state index < -0.39 is 0 Å². The van der Waals surface area contributed by atoms with Crippen molar-refractivity contribution in [2.75, 3.05) is 13.1 Å². The van der Waals surface area contributed by atoms with Crippen LogP contribution >= 0.6 is 11.3 Å². The fourth-order valence-electron chi connectivity index (χ4n) is 2.38. The zero-order valence-corrected chi connectivity index (χ0v) is 16.6. The highest BCUT2D eigenvalue weighted by molar-refractivity contribution is 7.13. The van der Waals surface area contributed by atoms with Crippen LogP contribution in [0, 0.1) is 24.2 Å². The van der Waals surface area contributed by atoms with E-state index >= 15 is 0 Å². The van der Waals surface area contributed by atoms with Crippen LogP contribution in [0.15, 0.2) is 40.7 Å². The number of nitrogens with zero attached hydrogens (tertiary/aromatic N) is 3. The van der Waals surface area contributed by atoms with Gasteiger partial charge in [0.1, 0.15) is 0 Å². The maximum atomic E-state index is 5.62. The van der Waals surface area contributed by atoms with Crippen molar-refractivity contribution in [2.45, 2.75) is 40.0 Å². The van der Waals surface area contributed by atoms with Gasteiger partial charge in [-0.3, -0.25) is 5.01 Å². The maximum absolute atomic E-state index is 5.62. The Morgan fingerprint density at radius 2 is 1.81 bits per heavy atom. The fraction of sp³-hybridized carbons (Fsp3) is 0.364. The molecule has 1 aromatic carbocycles. The quantitative estimate of drug-likeness (QED) is 0.346. The Bertz CT molecular complexity index is 825. The largest absolute Gasteiger partial charge is 0.279 e. The third kappa shape index (κ3) is 5.76. The first-order valence-corrected chi connectivity index (χ1v) is 9.89. The molecule has 0 aliphatic heterocycles. The highest BCUT2D eigenvalue weighted by Crippen LogP contribution is 2.23. The molecule has 0 saturated carbocycles. The molecule has 0 aliphatic carbocycles. The number of hydrogen-bond donors (Lipinski definition) is 0. The monoisotopic (exact) mass is 363 g/mol. The Hall–Kier alpha value is -2.56. The third-order valence-electron chi connectivity index (χ3n) is 3.95. The Kier molecular flexibility index (Phi) is 7.93. The lowest BCUT2D eigenvalue weighted by atomic mass is 10.1. The number of rotatable bonds is 7. The number of unbranched alkanes of at least 4 members (excludes halogenated alkanes) is 1. The van der Waals surface area contributed by atoms with Crippen LogP contribution in [0.3, 0.4) is 0 Å². The zero-order valence-electron chi connectivity index (χ0n) is 15.7. The SMILES string of the molecule is C#Cc1sc(C#Cc2ccc(N=NN(CC)CC)cc2)cc1CCCC. The first kappa shape index (κ1) is 19.8. The molecule has 0 saturated heterocycles. The molecule has 1 aromatic heterocycles. The van der Waals surface area contributed by atoms with Gasteiger partial charge in [0.15, 0.2) is 0 Å². The average molecular weight is 364 g/mol. The van der Waals surface area contributed by atoms with Crippen LogP contribution in [-0.4, -0.2) is 18.1 Å². The Morgan fingerprint density at radius 3 is 2.42 bits per heavy atom. The molecule has 3 nitrogen and oxygen atoms in total. The summed E-state index contributed by atoms with van der Waals surface area (Å²) in [5.41, 5.74) is 3.03. The Balaban J connectivity index is 2.08. The first-order valence-electron chi connectivity index (χ1n) is 9.08. The summed E-state index contributed by atoms with van der Waals surface area (Å²) in [6.45, 7) is 8.01. The van der Waals surface area contributed by atoms with E-state index in [1.165, 1.54) is 12.0 Å². The van der Waals surface area contributed by atoms with Gasteiger partial charge in [-0.05, 0) is 62.6 Å². The van der Waals surface area contributed by atoms with Crippen LogP contribution in [0.25, 0.3) is 0 Å². The Morgan fingerprint density at radius 1 is 1.08 bits per heavy atom. The summed E-state index contributed by atoms with van der Waals surface area (Å²) in [4.78, 5) is 2.03. The summed E-state index contributed by atoms with van der Waals surface area (Å²) in [5, 5.41) is 10.4. The normalized spacial score (nSPS) is 10.4. The zero-order chi connectivity index (χ0) is 18.8. The lowest BCUT2D eigenvalue weighted by molar-refractivity contribution is 0.301. The van der Waals surface area contributed by atoms with Crippen LogP contribution in [0.1, 0.15) is 54.5 Å². The third-order valence-corrected chi connectivity index (χ3v) is 4.98. The van der Waals surface area contributed by atoms with Crippen molar-refractivity contribution in [2.24, 2.45) is 10.3 Å². The second kappa shape index (κ2) is 10.4. The molecule has 134 valence electrons. The van der Waals surface area contributed by atoms with Gasteiger partial charge in [-0.15, -0.1) is 22.9 Å². The first-order chi connectivity index (χ1) is 12.7. The van der Waals surface area contributed by atoms with Crippen molar-refractivity contribution in [3.8, 4) is 24.2 Å². The van der Waals surface area contributed by atoms with Crippen molar-refractivity contribution in [3.63, 3.8) is 0 Å². The van der Waals surface area contributed by atoms with E-state index in [0.29, 0.717) is 0 Å². The van der Waals surface area contributed by atoms with Crippen LogP contribution in [0.2, 0.25) is 0 Å². The van der Waals surface area contributed by atoms with E-state index in [2.05, 4.69) is 54.9 Å². The number of benzene rings is 1. The lowest BCUT2D eigenvalue weighted by Crippen LogP contribution is -2.14. The van der Waals surface area contributed by atoms with Gasteiger partial charge in [0.2, 0.25) is 0 Å². The van der Waals surface area contributed by atoms with E-state index in [1.54, 1.807) is 11.3 Å². The predicted octanol–water partition coefficient (Wildman–Crippen LogP) is 5.81. The minimum atomic E-state index is 0.829. The van der Waals surface area contributed by atoms with E-state index in [0.717, 1.165) is 46.9 Å². The minimum Gasteiger partial charge on any atom is -0.279 e. The van der Waals surface area contributed by atoms with Gasteiger partial charge in [0, 0.05) is 18.7 Å². The smallest absolute Gasteiger partial charge is 0.0875 e. The summed E-state index contributed by atoms with van der Waals surface area (Å²) in [5.74, 6) is 9.22. The van der Waals surface area contributed by atoms with Gasteiger partial charge in [-0.25, -0.2) is 0 Å². The van der Waals surface area contributed by atoms with Gasteiger partial charge in [0.25, 0.3) is 0 Å². The standard InChI is InChI=1S/C22H25N3S/c1-5-9-10-19-17-21(26-22(19)6-2)16-13-18-11-14-20(15-12-18)23-24-25(7-3)8-4/h2,11-12,14-15,17H,5,7-10H2,1,3-4H3. The minimum absolute atomic E-state index is 0.829. The number of thiophene rings is 1. The van der Waals surface area contributed by atoms with Gasteiger partial charge >= 0.3 is 0 Å². The molecule has 0 N–H and O–H groups in total. The molecule has 1 heterocycles. The molecule has 26 heavy (non-hydrogen) atoms. The van der Waals surface area contributed by atoms with Crippen molar-refractivity contribution >= 4 is 17.0 Å². The molecule has 0 unspecified atom stereocenters. The number of hydrogen-bond acceptors (Lipinski definition) is 3. The molecule has 0 radical (unpaired) electrons. The van der Waals surface area contributed by atoms with Gasteiger partial charge in [-0.2, -0.15) is 0 Å². The van der Waals surface area contributed by atoms with E-state index in [-0.39, 0.29) is 0 Å². The molecule has 0 atom stereocenters. The van der Waals surface area contributed by atoms with E-state index in [4.69, 9.17) is 6.42 Å². The second-order valence-corrected chi connectivity index (χ2v) is 6.89. The molecule has 2 aromatic rings. The average Bonchev–Trinajstić information content (AvgIpc) is 3.08. The molecular formula is C22H25N3S. The van der Waals surface area contributed by atoms with Crippen molar-refractivity contribution in [1.82, 2.24) is 5.01 Å². The summed E-state index contributed by atoms with van der Waals surface area (Å²) in [7, 11) is 0. The molecule has 0 amide bonds. The molecule has 2 rings (SSSR count). The van der Waals surface area contributed by atoms with Crippen molar-refractivity contribution in [1.29, 1.82) is 0 Å². The summed E-state index contributed by atoms with van der Waals surface area (Å²) in [6, 6.07) is 9.94. The highest BCUT2D eigenvalue weighted by Gasteiger charge is 2.05. The van der Waals surface area contributed by atoms with E-state index in [9.17, 15) is 0 Å². The van der Waals surface area contributed by atoms with Crippen molar-refractivity contribution < 1.29 is 0 Å². The summed E-state index contributed by atoms with van der Waals surface area (Å²) >= 11 is 1.60. The number of aryl methyl sites for hydroxylation is 1. The second-order valence-electron chi connectivity index (χ2n) is 5.84. The van der Waals surface area contributed by atoms with Gasteiger partial charge in [-0.1, -0.05) is 36.3 Å². The lowest BCUT2D eigenvalue weighted by Gasteiger charge is -2.10. The number of terminal acetylenes is 1. The molecule has 0 aliphatic rings. The molecule has 0 fully saturated rings. The molecule has 0 spiro atoms. The topological polar surface area (TPSA) is 28.0 Å². The van der Waals surface area contributed by atoms with Crippen LogP contribution in [0.4, 0.5) is 5.69 Å². The van der Waals surface area contributed by atoms with Crippen molar-refractivity contribution in [3.05, 3.63) is 51.2 Å². The Labute approximate surface area is 161 Å². The molecular weight excluding hydrogens is 338 g/mol. The van der Waals surface area contributed by atoms with Crippen LogP contribution in [-0.2, 0) is 6.42 Å². The summed E-state index contributed by atoms with van der Waals surface area (Å²) < 4.78 is 0. The fourth-order valence-corrected chi connectivity index (χ4v) is 3.25. The van der Waals surface area contributed by atoms with E-state index in [1.807, 2.05) is 29.3 Å². The van der Waals surface area contributed by atoms with Crippen LogP contribution < -0.4 is 0 Å². The predicted molar refractivity (Wildman–Crippen MR) is 111 cm³/mol. The van der Waals surface area contributed by atoms with Gasteiger partial charge < -0.3 is 0 Å². The van der Waals surface area contributed by atoms with Gasteiger partial charge in [0.05, 0.1) is 15.4 Å². The van der Waals surface area contributed by atoms with Crippen LogP contribution in [0.5, 0.6) is 0 Å². The maximum Gasteiger partial charge on any atom is 0.0875 e. The summed E-state index contributed by atoms with van der Waals surface area (Å²) in [6.07, 6.45) is 8.97. The molecule has 4 heteroatoms.